The number of hydrogen-bond donors (Lipinski definition) is 1. The Labute approximate surface area is 131 Å². The monoisotopic (exact) mass is 304 g/mol. The normalized spacial score (nSPS) is 13.7. The highest BCUT2D eigenvalue weighted by Crippen LogP contribution is 2.29. The minimum atomic E-state index is -0.850. The van der Waals surface area contributed by atoms with Crippen molar-refractivity contribution in [3.63, 3.8) is 0 Å². The van der Waals surface area contributed by atoms with E-state index in [1.165, 1.54) is 0 Å². The number of aliphatic hydroxyl groups is 1. The Bertz CT molecular complexity index is 576. The highest BCUT2D eigenvalue weighted by Gasteiger charge is 2.22. The van der Waals surface area contributed by atoms with Gasteiger partial charge in [0.05, 0.1) is 5.60 Å². The van der Waals surface area contributed by atoms with Crippen LogP contribution in [0, 0.1) is 6.92 Å². The number of halogens is 1. The van der Waals surface area contributed by atoms with Crippen LogP contribution in [0.2, 0.25) is 0 Å². The van der Waals surface area contributed by atoms with Crippen LogP contribution in [0.1, 0.15) is 30.9 Å². The number of benzene rings is 2. The van der Waals surface area contributed by atoms with Crippen LogP contribution in [0.4, 0.5) is 0 Å². The van der Waals surface area contributed by atoms with Crippen LogP contribution in [0.5, 0.6) is 11.5 Å². The van der Waals surface area contributed by atoms with Crippen molar-refractivity contribution in [3.05, 3.63) is 59.7 Å². The summed E-state index contributed by atoms with van der Waals surface area (Å²) in [7, 11) is 0. The zero-order valence-corrected chi connectivity index (χ0v) is 13.2. The van der Waals surface area contributed by atoms with Gasteiger partial charge in [0, 0.05) is 5.88 Å². The summed E-state index contributed by atoms with van der Waals surface area (Å²) < 4.78 is 5.81. The van der Waals surface area contributed by atoms with Gasteiger partial charge in [-0.2, -0.15) is 0 Å². The molecule has 2 aromatic rings. The maximum atomic E-state index is 10.4. The predicted molar refractivity (Wildman–Crippen MR) is 87.2 cm³/mol. The van der Waals surface area contributed by atoms with Crippen LogP contribution in [0.15, 0.2) is 48.5 Å². The molecule has 21 heavy (non-hydrogen) atoms. The Hall–Kier alpha value is -1.51. The van der Waals surface area contributed by atoms with Crippen molar-refractivity contribution >= 4 is 11.6 Å². The predicted octanol–water partition coefficient (Wildman–Crippen LogP) is 5.01. The molecular weight excluding hydrogens is 284 g/mol. The standard InChI is InChI=1S/C18H21ClO2/c1-14-5-3-6-17(13-14)21-16-9-7-15(8-10-16)18(2,20)11-4-12-19/h3,5-10,13,20H,4,11-12H2,1-2H3. The van der Waals surface area contributed by atoms with E-state index in [9.17, 15) is 5.11 Å². The van der Waals surface area contributed by atoms with Gasteiger partial charge in [-0.05, 0) is 62.1 Å². The number of rotatable bonds is 6. The lowest BCUT2D eigenvalue weighted by molar-refractivity contribution is 0.0471. The summed E-state index contributed by atoms with van der Waals surface area (Å²) in [6, 6.07) is 15.5. The molecule has 0 aliphatic heterocycles. The van der Waals surface area contributed by atoms with E-state index < -0.39 is 5.60 Å². The Kier molecular flexibility index (Phi) is 5.27. The van der Waals surface area contributed by atoms with E-state index in [0.29, 0.717) is 12.3 Å². The second kappa shape index (κ2) is 6.97. The van der Waals surface area contributed by atoms with Gasteiger partial charge < -0.3 is 9.84 Å². The van der Waals surface area contributed by atoms with Gasteiger partial charge in [0.15, 0.2) is 0 Å². The lowest BCUT2D eigenvalue weighted by Gasteiger charge is -2.23. The van der Waals surface area contributed by atoms with E-state index in [1.807, 2.05) is 62.4 Å². The second-order valence-corrected chi connectivity index (χ2v) is 5.89. The smallest absolute Gasteiger partial charge is 0.127 e. The minimum Gasteiger partial charge on any atom is -0.457 e. The van der Waals surface area contributed by atoms with Crippen molar-refractivity contribution in [2.24, 2.45) is 0 Å². The third-order valence-electron chi connectivity index (χ3n) is 3.50. The zero-order chi connectivity index (χ0) is 15.3. The summed E-state index contributed by atoms with van der Waals surface area (Å²) in [5.74, 6) is 2.14. The molecule has 0 aliphatic carbocycles. The van der Waals surface area contributed by atoms with Gasteiger partial charge >= 0.3 is 0 Å². The maximum absolute atomic E-state index is 10.4. The van der Waals surface area contributed by atoms with Gasteiger partial charge in [-0.25, -0.2) is 0 Å². The molecule has 0 radical (unpaired) electrons. The fourth-order valence-corrected chi connectivity index (χ4v) is 2.39. The van der Waals surface area contributed by atoms with Crippen molar-refractivity contribution in [1.29, 1.82) is 0 Å². The van der Waals surface area contributed by atoms with E-state index in [1.54, 1.807) is 0 Å². The molecule has 0 aliphatic rings. The Morgan fingerprint density at radius 2 is 1.81 bits per heavy atom. The molecule has 2 nitrogen and oxygen atoms in total. The third-order valence-corrected chi connectivity index (χ3v) is 3.77. The molecule has 1 atom stereocenters. The molecule has 0 fully saturated rings. The van der Waals surface area contributed by atoms with Gasteiger partial charge in [0.25, 0.3) is 0 Å². The van der Waals surface area contributed by atoms with Gasteiger partial charge in [-0.1, -0.05) is 24.3 Å². The molecule has 0 amide bonds. The van der Waals surface area contributed by atoms with Crippen molar-refractivity contribution in [2.75, 3.05) is 5.88 Å². The molecule has 1 N–H and O–H groups in total. The topological polar surface area (TPSA) is 29.5 Å². The largest absolute Gasteiger partial charge is 0.457 e. The van der Waals surface area contributed by atoms with Gasteiger partial charge in [0.2, 0.25) is 0 Å². The highest BCUT2D eigenvalue weighted by molar-refractivity contribution is 6.17. The maximum Gasteiger partial charge on any atom is 0.127 e. The summed E-state index contributed by atoms with van der Waals surface area (Å²) in [4.78, 5) is 0. The summed E-state index contributed by atoms with van der Waals surface area (Å²) in [5.41, 5.74) is 1.19. The quantitative estimate of drug-likeness (QED) is 0.760. The molecule has 0 saturated heterocycles. The first kappa shape index (κ1) is 15.9. The number of hydrogen-bond acceptors (Lipinski definition) is 2. The summed E-state index contributed by atoms with van der Waals surface area (Å²) in [6.45, 7) is 3.85. The Balaban J connectivity index is 2.08. The van der Waals surface area contributed by atoms with Crippen LogP contribution in [-0.2, 0) is 5.60 Å². The molecule has 112 valence electrons. The van der Waals surface area contributed by atoms with Crippen LogP contribution in [0.25, 0.3) is 0 Å². The van der Waals surface area contributed by atoms with Crippen LogP contribution >= 0.6 is 11.6 Å². The molecule has 0 bridgehead atoms. The zero-order valence-electron chi connectivity index (χ0n) is 12.5. The van der Waals surface area contributed by atoms with E-state index in [4.69, 9.17) is 16.3 Å². The van der Waals surface area contributed by atoms with Gasteiger partial charge in [-0.15, -0.1) is 11.6 Å². The van der Waals surface area contributed by atoms with Crippen molar-refractivity contribution in [2.45, 2.75) is 32.3 Å². The molecule has 3 heteroatoms. The first-order valence-corrected chi connectivity index (χ1v) is 7.68. The molecule has 0 saturated carbocycles. The van der Waals surface area contributed by atoms with E-state index >= 15 is 0 Å². The molecule has 0 aromatic heterocycles. The molecule has 2 rings (SSSR count). The molecular formula is C18H21ClO2. The van der Waals surface area contributed by atoms with E-state index in [0.717, 1.165) is 29.0 Å². The van der Waals surface area contributed by atoms with Gasteiger partial charge in [0.1, 0.15) is 11.5 Å². The molecule has 1 unspecified atom stereocenters. The Morgan fingerprint density at radius 3 is 2.43 bits per heavy atom. The number of alkyl halides is 1. The van der Waals surface area contributed by atoms with E-state index in [2.05, 4.69) is 0 Å². The lowest BCUT2D eigenvalue weighted by Crippen LogP contribution is -2.21. The van der Waals surface area contributed by atoms with Crippen LogP contribution < -0.4 is 4.74 Å². The molecule has 0 heterocycles. The molecule has 2 aromatic carbocycles. The molecule has 0 spiro atoms. The fraction of sp³-hybridized carbons (Fsp3) is 0.333. The van der Waals surface area contributed by atoms with Crippen molar-refractivity contribution in [1.82, 2.24) is 0 Å². The van der Waals surface area contributed by atoms with E-state index in [-0.39, 0.29) is 0 Å². The van der Waals surface area contributed by atoms with Crippen molar-refractivity contribution in [3.8, 4) is 11.5 Å². The minimum absolute atomic E-state index is 0.560. The van der Waals surface area contributed by atoms with Crippen LogP contribution in [0.3, 0.4) is 0 Å². The third kappa shape index (κ3) is 4.48. The Morgan fingerprint density at radius 1 is 1.10 bits per heavy atom. The second-order valence-electron chi connectivity index (χ2n) is 5.51. The summed E-state index contributed by atoms with van der Waals surface area (Å²) in [6.07, 6.45) is 1.44. The highest BCUT2D eigenvalue weighted by atomic mass is 35.5. The fourth-order valence-electron chi connectivity index (χ4n) is 2.25. The summed E-state index contributed by atoms with van der Waals surface area (Å²) >= 11 is 5.69. The first-order valence-electron chi connectivity index (χ1n) is 7.15. The lowest BCUT2D eigenvalue weighted by atomic mass is 9.91. The number of ether oxygens (including phenoxy) is 1. The van der Waals surface area contributed by atoms with Gasteiger partial charge in [-0.3, -0.25) is 0 Å². The first-order chi connectivity index (χ1) is 10.0. The SMILES string of the molecule is Cc1cccc(Oc2ccc(C(C)(O)CCCCl)cc2)c1. The summed E-state index contributed by atoms with van der Waals surface area (Å²) in [5, 5.41) is 10.4. The van der Waals surface area contributed by atoms with Crippen LogP contribution in [-0.4, -0.2) is 11.0 Å². The average molecular weight is 305 g/mol. The average Bonchev–Trinajstić information content (AvgIpc) is 2.46. The van der Waals surface area contributed by atoms with Crippen molar-refractivity contribution < 1.29 is 9.84 Å². The number of aryl methyl sites for hydroxylation is 1.